The van der Waals surface area contributed by atoms with E-state index in [1.807, 2.05) is 6.92 Å². The Hall–Kier alpha value is -1.07. The van der Waals surface area contributed by atoms with Crippen molar-refractivity contribution < 1.29 is 14.3 Å². The van der Waals surface area contributed by atoms with E-state index in [2.05, 4.69) is 9.88 Å². The average molecular weight is 212 g/mol. The molecule has 1 saturated heterocycles. The summed E-state index contributed by atoms with van der Waals surface area (Å²) in [4.78, 5) is 6.33. The van der Waals surface area contributed by atoms with Crippen LogP contribution in [0.1, 0.15) is 12.1 Å². The maximum absolute atomic E-state index is 8.64. The molecule has 1 aliphatic rings. The highest BCUT2D eigenvalue weighted by molar-refractivity contribution is 5.28. The summed E-state index contributed by atoms with van der Waals surface area (Å²) in [7, 11) is 0. The maximum Gasteiger partial charge on any atom is 0.297 e. The van der Waals surface area contributed by atoms with Crippen molar-refractivity contribution in [2.24, 2.45) is 0 Å². The van der Waals surface area contributed by atoms with Crippen molar-refractivity contribution in [3.8, 4) is 0 Å². The molecule has 5 nitrogen and oxygen atoms in total. The van der Waals surface area contributed by atoms with Crippen LogP contribution < -0.4 is 4.90 Å². The van der Waals surface area contributed by atoms with Crippen molar-refractivity contribution >= 4 is 6.01 Å². The summed E-state index contributed by atoms with van der Waals surface area (Å²) >= 11 is 0. The number of oxazole rings is 1. The van der Waals surface area contributed by atoms with Crippen molar-refractivity contribution in [3.05, 3.63) is 12.0 Å². The van der Waals surface area contributed by atoms with E-state index in [0.717, 1.165) is 25.2 Å². The van der Waals surface area contributed by atoms with Gasteiger partial charge in [0.05, 0.1) is 25.0 Å². The van der Waals surface area contributed by atoms with Gasteiger partial charge in [-0.3, -0.25) is 0 Å². The molecule has 2 rings (SSSR count). The number of hydrogen-bond acceptors (Lipinski definition) is 5. The Balaban J connectivity index is 1.87. The minimum absolute atomic E-state index is 0.0780. The molecule has 1 N–H and O–H groups in total. The number of aliphatic hydroxyl groups is 1. The lowest BCUT2D eigenvalue weighted by Crippen LogP contribution is -2.23. The molecule has 0 saturated carbocycles. The smallest absolute Gasteiger partial charge is 0.297 e. The van der Waals surface area contributed by atoms with Crippen LogP contribution in [-0.2, 0) is 4.74 Å². The maximum atomic E-state index is 8.64. The molecule has 0 spiro atoms. The Morgan fingerprint density at radius 1 is 1.73 bits per heavy atom. The van der Waals surface area contributed by atoms with Gasteiger partial charge in [-0.15, -0.1) is 0 Å². The topological polar surface area (TPSA) is 58.7 Å². The van der Waals surface area contributed by atoms with Crippen LogP contribution in [0.25, 0.3) is 0 Å². The number of aliphatic hydroxyl groups excluding tert-OH is 1. The SMILES string of the molecule is Cc1coc(N2CC[C@H](OCCO)C2)n1. The average Bonchev–Trinajstić information content (AvgIpc) is 2.83. The zero-order valence-corrected chi connectivity index (χ0v) is 8.85. The van der Waals surface area contributed by atoms with Crippen LogP contribution in [0.5, 0.6) is 0 Å². The summed E-state index contributed by atoms with van der Waals surface area (Å²) in [6.07, 6.45) is 2.79. The second kappa shape index (κ2) is 4.63. The predicted octanol–water partition coefficient (Wildman–Crippen LogP) is 0.571. The van der Waals surface area contributed by atoms with Crippen LogP contribution in [0, 0.1) is 6.92 Å². The fraction of sp³-hybridized carbons (Fsp3) is 0.700. The third kappa shape index (κ3) is 2.49. The van der Waals surface area contributed by atoms with E-state index < -0.39 is 0 Å². The molecule has 0 unspecified atom stereocenters. The summed E-state index contributed by atoms with van der Waals surface area (Å²) < 4.78 is 10.8. The molecular formula is C10H16N2O3. The van der Waals surface area contributed by atoms with E-state index in [0.29, 0.717) is 12.6 Å². The molecule has 84 valence electrons. The molecular weight excluding hydrogens is 196 g/mol. The molecule has 0 amide bonds. The fourth-order valence-electron chi connectivity index (χ4n) is 1.74. The lowest BCUT2D eigenvalue weighted by Gasteiger charge is -2.13. The van der Waals surface area contributed by atoms with E-state index in [9.17, 15) is 0 Å². The fourth-order valence-corrected chi connectivity index (χ4v) is 1.74. The number of aryl methyl sites for hydroxylation is 1. The Morgan fingerprint density at radius 3 is 3.27 bits per heavy atom. The van der Waals surface area contributed by atoms with Gasteiger partial charge >= 0.3 is 0 Å². The van der Waals surface area contributed by atoms with Gasteiger partial charge in [0.2, 0.25) is 0 Å². The van der Waals surface area contributed by atoms with Crippen LogP contribution in [0.3, 0.4) is 0 Å². The summed E-state index contributed by atoms with van der Waals surface area (Å²) in [5, 5.41) is 8.64. The normalized spacial score (nSPS) is 21.2. The largest absolute Gasteiger partial charge is 0.432 e. The molecule has 1 fully saturated rings. The van der Waals surface area contributed by atoms with Crippen LogP contribution in [0.15, 0.2) is 10.7 Å². The first-order valence-corrected chi connectivity index (χ1v) is 5.19. The Kier molecular flexibility index (Phi) is 3.23. The van der Waals surface area contributed by atoms with Gasteiger partial charge in [-0.05, 0) is 13.3 Å². The summed E-state index contributed by atoms with van der Waals surface area (Å²) in [6, 6.07) is 0.669. The zero-order valence-electron chi connectivity index (χ0n) is 8.85. The Bertz CT molecular complexity index is 313. The number of nitrogens with zero attached hydrogens (tertiary/aromatic N) is 2. The summed E-state index contributed by atoms with van der Waals surface area (Å²) in [5.41, 5.74) is 0.893. The number of anilines is 1. The van der Waals surface area contributed by atoms with Crippen LogP contribution in [-0.4, -0.2) is 42.5 Å². The van der Waals surface area contributed by atoms with E-state index in [1.54, 1.807) is 6.26 Å². The molecule has 0 radical (unpaired) electrons. The van der Waals surface area contributed by atoms with E-state index >= 15 is 0 Å². The first-order valence-electron chi connectivity index (χ1n) is 5.19. The second-order valence-corrected chi connectivity index (χ2v) is 3.72. The molecule has 0 aromatic carbocycles. The van der Waals surface area contributed by atoms with Gasteiger partial charge in [0.25, 0.3) is 6.01 Å². The summed E-state index contributed by atoms with van der Waals surface area (Å²) in [6.45, 7) is 4.08. The molecule has 1 atom stereocenters. The Labute approximate surface area is 88.7 Å². The number of rotatable bonds is 4. The van der Waals surface area contributed by atoms with Gasteiger partial charge in [0.1, 0.15) is 6.26 Å². The monoisotopic (exact) mass is 212 g/mol. The first kappa shape index (κ1) is 10.4. The highest BCUT2D eigenvalue weighted by Gasteiger charge is 2.25. The molecule has 2 heterocycles. The molecule has 1 aromatic rings. The van der Waals surface area contributed by atoms with Crippen molar-refractivity contribution in [2.75, 3.05) is 31.2 Å². The van der Waals surface area contributed by atoms with Crippen molar-refractivity contribution in [2.45, 2.75) is 19.4 Å². The van der Waals surface area contributed by atoms with Gasteiger partial charge in [0, 0.05) is 13.1 Å². The minimum atomic E-state index is 0.0780. The van der Waals surface area contributed by atoms with Crippen LogP contribution >= 0.6 is 0 Å². The zero-order chi connectivity index (χ0) is 10.7. The van der Waals surface area contributed by atoms with Crippen molar-refractivity contribution in [1.82, 2.24) is 4.98 Å². The van der Waals surface area contributed by atoms with Gasteiger partial charge in [-0.2, -0.15) is 4.98 Å². The lowest BCUT2D eigenvalue weighted by molar-refractivity contribution is 0.0409. The number of hydrogen-bond donors (Lipinski definition) is 1. The van der Waals surface area contributed by atoms with E-state index in [1.165, 1.54) is 0 Å². The molecule has 5 heteroatoms. The predicted molar refractivity (Wildman–Crippen MR) is 54.9 cm³/mol. The molecule has 0 bridgehead atoms. The molecule has 1 aromatic heterocycles. The third-order valence-electron chi connectivity index (χ3n) is 2.47. The molecule has 15 heavy (non-hydrogen) atoms. The minimum Gasteiger partial charge on any atom is -0.432 e. The second-order valence-electron chi connectivity index (χ2n) is 3.72. The third-order valence-corrected chi connectivity index (χ3v) is 2.47. The van der Waals surface area contributed by atoms with Gasteiger partial charge in [-0.1, -0.05) is 0 Å². The first-order chi connectivity index (χ1) is 7.29. The van der Waals surface area contributed by atoms with Crippen LogP contribution in [0.4, 0.5) is 6.01 Å². The van der Waals surface area contributed by atoms with Crippen molar-refractivity contribution in [3.63, 3.8) is 0 Å². The standard InChI is InChI=1S/C10H16N2O3/c1-8-7-15-10(11-8)12-3-2-9(6-12)14-5-4-13/h7,9,13H,2-6H2,1H3/t9-/m0/s1. The Morgan fingerprint density at radius 2 is 2.60 bits per heavy atom. The van der Waals surface area contributed by atoms with Crippen molar-refractivity contribution in [1.29, 1.82) is 0 Å². The molecule has 0 aliphatic carbocycles. The van der Waals surface area contributed by atoms with Gasteiger partial charge < -0.3 is 19.2 Å². The number of ether oxygens (including phenoxy) is 1. The number of aromatic nitrogens is 1. The quantitative estimate of drug-likeness (QED) is 0.790. The summed E-state index contributed by atoms with van der Waals surface area (Å²) in [5.74, 6) is 0. The van der Waals surface area contributed by atoms with Crippen LogP contribution in [0.2, 0.25) is 0 Å². The van der Waals surface area contributed by atoms with E-state index in [4.69, 9.17) is 14.3 Å². The van der Waals surface area contributed by atoms with Gasteiger partial charge in [0.15, 0.2) is 0 Å². The lowest BCUT2D eigenvalue weighted by atomic mass is 10.3. The van der Waals surface area contributed by atoms with Gasteiger partial charge in [-0.25, -0.2) is 0 Å². The highest BCUT2D eigenvalue weighted by Crippen LogP contribution is 2.20. The highest BCUT2D eigenvalue weighted by atomic mass is 16.5. The molecule has 1 aliphatic heterocycles. The van der Waals surface area contributed by atoms with E-state index in [-0.39, 0.29) is 12.7 Å².